The molecule has 1 fully saturated rings. The third-order valence-electron chi connectivity index (χ3n) is 4.17. The van der Waals surface area contributed by atoms with Crippen molar-refractivity contribution in [2.75, 3.05) is 23.3 Å². The third kappa shape index (κ3) is 4.67. The zero-order valence-electron chi connectivity index (χ0n) is 14.7. The van der Waals surface area contributed by atoms with Crippen LogP contribution in [0.4, 0.5) is 11.5 Å². The normalized spacial score (nSPS) is 20.1. The molecule has 3 rings (SSSR count). The second-order valence-corrected chi connectivity index (χ2v) is 7.31. The van der Waals surface area contributed by atoms with Crippen LogP contribution in [-0.4, -0.2) is 36.2 Å². The second kappa shape index (κ2) is 8.25. The van der Waals surface area contributed by atoms with Gasteiger partial charge in [0, 0.05) is 23.1 Å². The number of hydrogen-bond donors (Lipinski definition) is 1. The molecule has 1 saturated heterocycles. The molecule has 0 spiro atoms. The highest BCUT2D eigenvalue weighted by atomic mass is 35.5. The number of halogens is 2. The Morgan fingerprint density at radius 3 is 2.42 bits per heavy atom. The highest BCUT2D eigenvalue weighted by Crippen LogP contribution is 2.25. The first kappa shape index (κ1) is 19.0. The number of ether oxygens (including phenoxy) is 1. The first-order valence-corrected chi connectivity index (χ1v) is 9.27. The number of nitrogens with one attached hydrogen (secondary N) is 1. The van der Waals surface area contributed by atoms with Gasteiger partial charge in [0.2, 0.25) is 5.91 Å². The Morgan fingerprint density at radius 1 is 1.19 bits per heavy atom. The number of carbonyl (C=O) groups excluding carboxylic acids is 1. The van der Waals surface area contributed by atoms with Crippen LogP contribution in [0.2, 0.25) is 10.0 Å². The van der Waals surface area contributed by atoms with Gasteiger partial charge in [0.15, 0.2) is 0 Å². The fourth-order valence-electron chi connectivity index (χ4n) is 3.08. The van der Waals surface area contributed by atoms with Gasteiger partial charge in [0.25, 0.3) is 0 Å². The average Bonchev–Trinajstić information content (AvgIpc) is 2.58. The summed E-state index contributed by atoms with van der Waals surface area (Å²) in [6.07, 6.45) is 2.10. The maximum atomic E-state index is 12.3. The lowest BCUT2D eigenvalue weighted by Gasteiger charge is -2.36. The van der Waals surface area contributed by atoms with Gasteiger partial charge < -0.3 is 15.0 Å². The van der Waals surface area contributed by atoms with Gasteiger partial charge in [0.05, 0.1) is 30.5 Å². The summed E-state index contributed by atoms with van der Waals surface area (Å²) in [5.41, 5.74) is 1.26. The van der Waals surface area contributed by atoms with Crippen molar-refractivity contribution in [3.8, 4) is 0 Å². The minimum absolute atomic E-state index is 0.110. The van der Waals surface area contributed by atoms with Crippen LogP contribution in [0, 0.1) is 0 Å². The minimum Gasteiger partial charge on any atom is -0.372 e. The van der Waals surface area contributed by atoms with Crippen LogP contribution in [-0.2, 0) is 16.0 Å². The SMILES string of the molecule is CC1CN(c2ccc(NC(=O)Cc3c(Cl)cccc3Cl)cn2)CC(C)O1. The highest BCUT2D eigenvalue weighted by Gasteiger charge is 2.23. The van der Waals surface area contributed by atoms with E-state index in [1.807, 2.05) is 12.1 Å². The smallest absolute Gasteiger partial charge is 0.228 e. The summed E-state index contributed by atoms with van der Waals surface area (Å²) in [7, 11) is 0. The Hall–Kier alpha value is -1.82. The van der Waals surface area contributed by atoms with Crippen LogP contribution in [0.25, 0.3) is 0 Å². The fraction of sp³-hybridized carbons (Fsp3) is 0.368. The first-order valence-electron chi connectivity index (χ1n) is 8.51. The summed E-state index contributed by atoms with van der Waals surface area (Å²) in [5, 5.41) is 3.80. The molecule has 1 aromatic heterocycles. The number of nitrogens with zero attached hydrogens (tertiary/aromatic N) is 2. The van der Waals surface area contributed by atoms with E-state index in [1.54, 1.807) is 24.4 Å². The Morgan fingerprint density at radius 2 is 1.85 bits per heavy atom. The van der Waals surface area contributed by atoms with Gasteiger partial charge in [0.1, 0.15) is 5.82 Å². The monoisotopic (exact) mass is 393 g/mol. The largest absolute Gasteiger partial charge is 0.372 e. The van der Waals surface area contributed by atoms with E-state index in [1.165, 1.54) is 0 Å². The number of aromatic nitrogens is 1. The number of carbonyl (C=O) groups is 1. The van der Waals surface area contributed by atoms with Gasteiger partial charge in [-0.15, -0.1) is 0 Å². The molecule has 0 aliphatic carbocycles. The van der Waals surface area contributed by atoms with Crippen LogP contribution in [0.1, 0.15) is 19.4 Å². The lowest BCUT2D eigenvalue weighted by Crippen LogP contribution is -2.45. The molecule has 1 aromatic carbocycles. The Balaban J connectivity index is 1.63. The number of anilines is 2. The number of benzene rings is 1. The van der Waals surface area contributed by atoms with Crippen molar-refractivity contribution in [1.82, 2.24) is 4.98 Å². The standard InChI is InChI=1S/C19H21Cl2N3O2/c1-12-10-24(11-13(2)26-12)18-7-6-14(9-22-18)23-19(25)8-15-16(20)4-3-5-17(15)21/h3-7,9,12-13H,8,10-11H2,1-2H3,(H,23,25). The number of rotatable bonds is 4. The third-order valence-corrected chi connectivity index (χ3v) is 4.88. The van der Waals surface area contributed by atoms with Crippen LogP contribution >= 0.6 is 23.2 Å². The molecule has 2 unspecified atom stereocenters. The fourth-order valence-corrected chi connectivity index (χ4v) is 3.61. The van der Waals surface area contributed by atoms with Crippen molar-refractivity contribution in [3.05, 3.63) is 52.1 Å². The Kier molecular flexibility index (Phi) is 6.01. The lowest BCUT2D eigenvalue weighted by molar-refractivity contribution is -0.115. The van der Waals surface area contributed by atoms with E-state index in [9.17, 15) is 4.79 Å². The molecular weight excluding hydrogens is 373 g/mol. The second-order valence-electron chi connectivity index (χ2n) is 6.49. The summed E-state index contributed by atoms with van der Waals surface area (Å²) < 4.78 is 5.74. The van der Waals surface area contributed by atoms with Crippen molar-refractivity contribution in [3.63, 3.8) is 0 Å². The van der Waals surface area contributed by atoms with E-state index >= 15 is 0 Å². The van der Waals surface area contributed by atoms with Crippen molar-refractivity contribution in [2.24, 2.45) is 0 Å². The number of pyridine rings is 1. The number of hydrogen-bond acceptors (Lipinski definition) is 4. The minimum atomic E-state index is -0.192. The summed E-state index contributed by atoms with van der Waals surface area (Å²) in [6.45, 7) is 5.70. The van der Waals surface area contributed by atoms with Crippen LogP contribution < -0.4 is 10.2 Å². The summed E-state index contributed by atoms with van der Waals surface area (Å²) in [4.78, 5) is 18.9. The highest BCUT2D eigenvalue weighted by molar-refractivity contribution is 6.36. The van der Waals surface area contributed by atoms with E-state index < -0.39 is 0 Å². The topological polar surface area (TPSA) is 54.5 Å². The molecule has 2 atom stereocenters. The van der Waals surface area contributed by atoms with E-state index in [-0.39, 0.29) is 24.5 Å². The van der Waals surface area contributed by atoms with E-state index in [0.717, 1.165) is 18.9 Å². The van der Waals surface area contributed by atoms with E-state index in [0.29, 0.717) is 21.3 Å². The summed E-state index contributed by atoms with van der Waals surface area (Å²) in [6, 6.07) is 8.94. The van der Waals surface area contributed by atoms with Gasteiger partial charge in [-0.05, 0) is 43.7 Å². The molecular formula is C19H21Cl2N3O2. The van der Waals surface area contributed by atoms with Gasteiger partial charge in [-0.2, -0.15) is 0 Å². The van der Waals surface area contributed by atoms with Gasteiger partial charge >= 0.3 is 0 Å². The summed E-state index contributed by atoms with van der Waals surface area (Å²) >= 11 is 12.2. The zero-order chi connectivity index (χ0) is 18.7. The van der Waals surface area contributed by atoms with Crippen molar-refractivity contribution in [1.29, 1.82) is 0 Å². The van der Waals surface area contributed by atoms with Crippen molar-refractivity contribution < 1.29 is 9.53 Å². The first-order chi connectivity index (χ1) is 12.4. The molecule has 7 heteroatoms. The number of amides is 1. The molecule has 1 N–H and O–H groups in total. The van der Waals surface area contributed by atoms with Crippen LogP contribution in [0.5, 0.6) is 0 Å². The molecule has 1 aliphatic heterocycles. The Bertz CT molecular complexity index is 753. The maximum absolute atomic E-state index is 12.3. The van der Waals surface area contributed by atoms with E-state index in [4.69, 9.17) is 27.9 Å². The number of morpholine rings is 1. The van der Waals surface area contributed by atoms with Crippen molar-refractivity contribution >= 4 is 40.6 Å². The quantitative estimate of drug-likeness (QED) is 0.845. The molecule has 138 valence electrons. The van der Waals surface area contributed by atoms with E-state index in [2.05, 4.69) is 29.0 Å². The van der Waals surface area contributed by atoms with Crippen LogP contribution in [0.15, 0.2) is 36.5 Å². The van der Waals surface area contributed by atoms with Crippen molar-refractivity contribution in [2.45, 2.75) is 32.5 Å². The van der Waals surface area contributed by atoms with Gasteiger partial charge in [-0.3, -0.25) is 4.79 Å². The van der Waals surface area contributed by atoms with Gasteiger partial charge in [-0.1, -0.05) is 29.3 Å². The molecule has 1 amide bonds. The molecule has 2 heterocycles. The summed E-state index contributed by atoms with van der Waals surface area (Å²) in [5.74, 6) is 0.683. The Labute approximate surface area is 163 Å². The molecule has 0 radical (unpaired) electrons. The molecule has 1 aliphatic rings. The molecule has 2 aromatic rings. The molecule has 5 nitrogen and oxygen atoms in total. The molecule has 0 saturated carbocycles. The van der Waals surface area contributed by atoms with Gasteiger partial charge in [-0.25, -0.2) is 4.98 Å². The average molecular weight is 394 g/mol. The van der Waals surface area contributed by atoms with Crippen LogP contribution in [0.3, 0.4) is 0 Å². The predicted molar refractivity (Wildman–Crippen MR) is 105 cm³/mol. The maximum Gasteiger partial charge on any atom is 0.228 e. The predicted octanol–water partition coefficient (Wildman–Crippen LogP) is 4.18. The lowest BCUT2D eigenvalue weighted by atomic mass is 10.1. The molecule has 0 bridgehead atoms. The zero-order valence-corrected chi connectivity index (χ0v) is 16.2. The molecule has 26 heavy (non-hydrogen) atoms.